The minimum Gasteiger partial charge on any atom is -0.310 e. The lowest BCUT2D eigenvalue weighted by molar-refractivity contribution is 0.569. The SMILES string of the molecule is CC(C)NCc1sccc1S(=O)(=O)NC1CC1C. The Morgan fingerprint density at radius 1 is 1.50 bits per heavy atom. The number of rotatable bonds is 6. The Morgan fingerprint density at radius 3 is 2.72 bits per heavy atom. The summed E-state index contributed by atoms with van der Waals surface area (Å²) in [6.45, 7) is 6.76. The van der Waals surface area contributed by atoms with E-state index in [0.29, 0.717) is 23.4 Å². The van der Waals surface area contributed by atoms with Gasteiger partial charge in [-0.2, -0.15) is 0 Å². The second-order valence-corrected chi connectivity index (χ2v) is 7.87. The molecule has 0 spiro atoms. The van der Waals surface area contributed by atoms with Gasteiger partial charge in [0.1, 0.15) is 0 Å². The van der Waals surface area contributed by atoms with E-state index in [0.717, 1.165) is 11.3 Å². The van der Waals surface area contributed by atoms with E-state index in [1.54, 1.807) is 6.07 Å². The molecule has 2 unspecified atom stereocenters. The summed E-state index contributed by atoms with van der Waals surface area (Å²) in [5.74, 6) is 0.468. The van der Waals surface area contributed by atoms with Crippen molar-refractivity contribution in [3.8, 4) is 0 Å². The molecule has 1 aromatic heterocycles. The molecule has 0 aromatic carbocycles. The third-order valence-corrected chi connectivity index (χ3v) is 5.71. The normalized spacial score (nSPS) is 23.6. The highest BCUT2D eigenvalue weighted by molar-refractivity contribution is 7.89. The number of sulfonamides is 1. The van der Waals surface area contributed by atoms with Gasteiger partial charge in [0.05, 0.1) is 4.90 Å². The van der Waals surface area contributed by atoms with Crippen molar-refractivity contribution < 1.29 is 8.42 Å². The highest BCUT2D eigenvalue weighted by Crippen LogP contribution is 2.31. The summed E-state index contributed by atoms with van der Waals surface area (Å²) in [5.41, 5.74) is 0. The zero-order chi connectivity index (χ0) is 13.3. The van der Waals surface area contributed by atoms with Gasteiger partial charge in [-0.25, -0.2) is 13.1 Å². The first-order valence-electron chi connectivity index (χ1n) is 6.22. The highest BCUT2D eigenvalue weighted by atomic mass is 32.2. The van der Waals surface area contributed by atoms with E-state index in [1.165, 1.54) is 11.3 Å². The van der Waals surface area contributed by atoms with E-state index >= 15 is 0 Å². The van der Waals surface area contributed by atoms with Gasteiger partial charge in [0.15, 0.2) is 0 Å². The molecule has 1 saturated carbocycles. The standard InChI is InChI=1S/C12H20N2O2S2/c1-8(2)13-7-11-12(4-5-17-11)18(15,16)14-10-6-9(10)3/h4-5,8-10,13-14H,6-7H2,1-3H3. The second kappa shape index (κ2) is 5.28. The molecule has 1 heterocycles. The summed E-state index contributed by atoms with van der Waals surface area (Å²) in [5, 5.41) is 5.09. The van der Waals surface area contributed by atoms with Gasteiger partial charge in [-0.15, -0.1) is 11.3 Å². The maximum absolute atomic E-state index is 12.2. The quantitative estimate of drug-likeness (QED) is 0.841. The Bertz CT molecular complexity index is 508. The lowest BCUT2D eigenvalue weighted by Gasteiger charge is -2.10. The van der Waals surface area contributed by atoms with E-state index in [-0.39, 0.29) is 6.04 Å². The second-order valence-electron chi connectivity index (χ2n) is 5.18. The van der Waals surface area contributed by atoms with E-state index in [9.17, 15) is 8.42 Å². The fraction of sp³-hybridized carbons (Fsp3) is 0.667. The molecule has 102 valence electrons. The van der Waals surface area contributed by atoms with Crippen molar-refractivity contribution in [2.24, 2.45) is 5.92 Å². The van der Waals surface area contributed by atoms with Crippen LogP contribution in [0.25, 0.3) is 0 Å². The molecule has 0 aliphatic heterocycles. The van der Waals surface area contributed by atoms with Crippen LogP contribution in [0.15, 0.2) is 16.3 Å². The molecule has 1 fully saturated rings. The van der Waals surface area contributed by atoms with Crippen LogP contribution in [0.1, 0.15) is 32.1 Å². The van der Waals surface area contributed by atoms with Crippen LogP contribution in [0.3, 0.4) is 0 Å². The summed E-state index contributed by atoms with van der Waals surface area (Å²) >= 11 is 1.49. The Hall–Kier alpha value is -0.430. The first-order valence-corrected chi connectivity index (χ1v) is 8.58. The van der Waals surface area contributed by atoms with Gasteiger partial charge < -0.3 is 5.32 Å². The molecular weight excluding hydrogens is 268 g/mol. The smallest absolute Gasteiger partial charge is 0.241 e. The van der Waals surface area contributed by atoms with Crippen LogP contribution < -0.4 is 10.0 Å². The molecule has 0 radical (unpaired) electrons. The Balaban J connectivity index is 2.09. The lowest BCUT2D eigenvalue weighted by Crippen LogP contribution is -2.28. The van der Waals surface area contributed by atoms with Crippen molar-refractivity contribution in [2.75, 3.05) is 0 Å². The van der Waals surface area contributed by atoms with Crippen molar-refractivity contribution in [1.82, 2.24) is 10.0 Å². The average molecular weight is 288 g/mol. The molecule has 1 aliphatic rings. The monoisotopic (exact) mass is 288 g/mol. The van der Waals surface area contributed by atoms with Crippen LogP contribution in [-0.2, 0) is 16.6 Å². The van der Waals surface area contributed by atoms with Crippen molar-refractivity contribution in [1.29, 1.82) is 0 Å². The molecule has 6 heteroatoms. The molecule has 0 saturated heterocycles. The lowest BCUT2D eigenvalue weighted by atomic mass is 10.4. The minimum atomic E-state index is -3.34. The Labute approximate surface area is 113 Å². The van der Waals surface area contributed by atoms with Crippen LogP contribution in [0.5, 0.6) is 0 Å². The summed E-state index contributed by atoms with van der Waals surface area (Å²) < 4.78 is 27.2. The van der Waals surface area contributed by atoms with Gasteiger partial charge in [-0.05, 0) is 23.8 Å². The molecule has 0 bridgehead atoms. The predicted molar refractivity (Wildman–Crippen MR) is 74.2 cm³/mol. The van der Waals surface area contributed by atoms with Gasteiger partial charge in [-0.1, -0.05) is 20.8 Å². The van der Waals surface area contributed by atoms with E-state index in [4.69, 9.17) is 0 Å². The predicted octanol–water partition coefficient (Wildman–Crippen LogP) is 1.93. The molecule has 2 rings (SSSR count). The fourth-order valence-corrected chi connectivity index (χ4v) is 4.50. The van der Waals surface area contributed by atoms with Crippen molar-refractivity contribution in [3.63, 3.8) is 0 Å². The molecule has 2 atom stereocenters. The van der Waals surface area contributed by atoms with Gasteiger partial charge in [0.2, 0.25) is 10.0 Å². The Kier molecular flexibility index (Phi) is 4.11. The maximum Gasteiger partial charge on any atom is 0.241 e. The zero-order valence-corrected chi connectivity index (χ0v) is 12.6. The topological polar surface area (TPSA) is 58.2 Å². The summed E-state index contributed by atoms with van der Waals surface area (Å²) in [7, 11) is -3.34. The van der Waals surface area contributed by atoms with E-state index < -0.39 is 10.0 Å². The average Bonchev–Trinajstić information content (AvgIpc) is 2.81. The molecule has 2 N–H and O–H groups in total. The molecule has 1 aliphatic carbocycles. The highest BCUT2D eigenvalue weighted by Gasteiger charge is 2.37. The van der Waals surface area contributed by atoms with Gasteiger partial charge >= 0.3 is 0 Å². The molecule has 4 nitrogen and oxygen atoms in total. The minimum absolute atomic E-state index is 0.126. The fourth-order valence-electron chi connectivity index (χ4n) is 1.74. The van der Waals surface area contributed by atoms with Crippen LogP contribution in [0, 0.1) is 5.92 Å². The number of thiophene rings is 1. The van der Waals surface area contributed by atoms with Crippen LogP contribution in [-0.4, -0.2) is 20.5 Å². The first kappa shape index (κ1) is 14.0. The van der Waals surface area contributed by atoms with Crippen molar-refractivity contribution in [3.05, 3.63) is 16.3 Å². The van der Waals surface area contributed by atoms with Crippen molar-refractivity contribution >= 4 is 21.4 Å². The number of hydrogen-bond acceptors (Lipinski definition) is 4. The van der Waals surface area contributed by atoms with Crippen LogP contribution >= 0.6 is 11.3 Å². The van der Waals surface area contributed by atoms with Crippen LogP contribution in [0.2, 0.25) is 0 Å². The van der Waals surface area contributed by atoms with Gasteiger partial charge in [0.25, 0.3) is 0 Å². The van der Waals surface area contributed by atoms with E-state index in [1.807, 2.05) is 19.2 Å². The largest absolute Gasteiger partial charge is 0.310 e. The van der Waals surface area contributed by atoms with E-state index in [2.05, 4.69) is 17.0 Å². The molecule has 1 aromatic rings. The third kappa shape index (κ3) is 3.32. The molecule has 18 heavy (non-hydrogen) atoms. The summed E-state index contributed by atoms with van der Waals surface area (Å²) in [6, 6.07) is 2.16. The Morgan fingerprint density at radius 2 is 2.17 bits per heavy atom. The first-order chi connectivity index (χ1) is 8.40. The maximum atomic E-state index is 12.2. The van der Waals surface area contributed by atoms with Crippen LogP contribution in [0.4, 0.5) is 0 Å². The summed E-state index contributed by atoms with van der Waals surface area (Å²) in [4.78, 5) is 1.31. The number of hydrogen-bond donors (Lipinski definition) is 2. The molecule has 0 amide bonds. The van der Waals surface area contributed by atoms with Crippen molar-refractivity contribution in [2.45, 2.75) is 50.7 Å². The third-order valence-electron chi connectivity index (χ3n) is 3.08. The molecular formula is C12H20N2O2S2. The zero-order valence-electron chi connectivity index (χ0n) is 10.9. The summed E-state index contributed by atoms with van der Waals surface area (Å²) in [6.07, 6.45) is 0.947. The van der Waals surface area contributed by atoms with Gasteiger partial charge in [-0.3, -0.25) is 0 Å². The number of nitrogens with one attached hydrogen (secondary N) is 2. The van der Waals surface area contributed by atoms with Gasteiger partial charge in [0, 0.05) is 23.5 Å².